The Morgan fingerprint density at radius 1 is 1.12 bits per heavy atom. The van der Waals surface area contributed by atoms with Crippen LogP contribution in [-0.4, -0.2) is 45.1 Å². The Morgan fingerprint density at radius 3 is 2.85 bits per heavy atom. The third kappa shape index (κ3) is 3.60. The van der Waals surface area contributed by atoms with Crippen molar-refractivity contribution in [2.24, 2.45) is 0 Å². The molecule has 0 radical (unpaired) electrons. The first kappa shape index (κ1) is 16.7. The van der Waals surface area contributed by atoms with Crippen LogP contribution in [0.5, 0.6) is 0 Å². The number of aromatic nitrogens is 3. The van der Waals surface area contributed by atoms with Gasteiger partial charge >= 0.3 is 0 Å². The van der Waals surface area contributed by atoms with Gasteiger partial charge in [-0.25, -0.2) is 0 Å². The van der Waals surface area contributed by atoms with Gasteiger partial charge in [0.2, 0.25) is 5.91 Å². The van der Waals surface area contributed by atoms with Gasteiger partial charge in [-0.15, -0.1) is 10.2 Å². The van der Waals surface area contributed by atoms with E-state index in [-0.39, 0.29) is 12.0 Å². The van der Waals surface area contributed by atoms with E-state index in [2.05, 4.69) is 22.3 Å². The highest BCUT2D eigenvalue weighted by Gasteiger charge is 2.25. The summed E-state index contributed by atoms with van der Waals surface area (Å²) in [6.45, 7) is 1.87. The standard InChI is InChI=1S/C20H22N4O2/c25-20(11-6-10-19-22-21-18-9-4-5-12-24(18)19)23-13-14-26-17(15-23)16-7-2-1-3-8-16/h1-5,7-9,12,17H,6,10-11,13-15H2/t17-/m0/s1. The number of amides is 1. The van der Waals surface area contributed by atoms with Gasteiger partial charge in [0.05, 0.1) is 13.2 Å². The Balaban J connectivity index is 1.32. The number of nitrogens with zero attached hydrogens (tertiary/aromatic N) is 4. The lowest BCUT2D eigenvalue weighted by Crippen LogP contribution is -2.42. The third-order valence-electron chi connectivity index (χ3n) is 4.77. The summed E-state index contributed by atoms with van der Waals surface area (Å²) in [5, 5.41) is 8.38. The summed E-state index contributed by atoms with van der Waals surface area (Å²) in [7, 11) is 0. The summed E-state index contributed by atoms with van der Waals surface area (Å²) in [6, 6.07) is 15.9. The zero-order chi connectivity index (χ0) is 17.8. The van der Waals surface area contributed by atoms with Crippen LogP contribution < -0.4 is 0 Å². The van der Waals surface area contributed by atoms with Crippen LogP contribution in [0, 0.1) is 0 Å². The number of aryl methyl sites for hydroxylation is 1. The number of hydrogen-bond acceptors (Lipinski definition) is 4. The molecule has 0 bridgehead atoms. The first-order valence-corrected chi connectivity index (χ1v) is 9.04. The molecule has 1 aromatic carbocycles. The maximum absolute atomic E-state index is 12.6. The highest BCUT2D eigenvalue weighted by molar-refractivity contribution is 5.76. The molecule has 3 heterocycles. The van der Waals surface area contributed by atoms with Crippen LogP contribution >= 0.6 is 0 Å². The minimum atomic E-state index is -0.0330. The van der Waals surface area contributed by atoms with Crippen molar-refractivity contribution in [2.45, 2.75) is 25.4 Å². The maximum atomic E-state index is 12.6. The van der Waals surface area contributed by atoms with E-state index in [0.29, 0.717) is 26.1 Å². The molecule has 2 aromatic heterocycles. The van der Waals surface area contributed by atoms with E-state index < -0.39 is 0 Å². The van der Waals surface area contributed by atoms with Crippen LogP contribution in [0.3, 0.4) is 0 Å². The number of rotatable bonds is 5. The molecular weight excluding hydrogens is 328 g/mol. The van der Waals surface area contributed by atoms with Crippen LogP contribution in [0.1, 0.15) is 30.3 Å². The van der Waals surface area contributed by atoms with Gasteiger partial charge < -0.3 is 9.64 Å². The lowest BCUT2D eigenvalue weighted by Gasteiger charge is -2.33. The molecular formula is C20H22N4O2. The van der Waals surface area contributed by atoms with Crippen LogP contribution in [0.15, 0.2) is 54.7 Å². The molecule has 134 valence electrons. The molecule has 0 aliphatic carbocycles. The van der Waals surface area contributed by atoms with Crippen molar-refractivity contribution in [1.82, 2.24) is 19.5 Å². The Labute approximate surface area is 152 Å². The molecule has 1 fully saturated rings. The summed E-state index contributed by atoms with van der Waals surface area (Å²) in [6.07, 6.45) is 3.95. The largest absolute Gasteiger partial charge is 0.370 e. The zero-order valence-corrected chi connectivity index (χ0v) is 14.6. The number of morpholine rings is 1. The van der Waals surface area contributed by atoms with E-state index in [4.69, 9.17) is 4.74 Å². The number of carbonyl (C=O) groups excluding carboxylic acids is 1. The highest BCUT2D eigenvalue weighted by atomic mass is 16.5. The molecule has 4 rings (SSSR count). The average molecular weight is 350 g/mol. The van der Waals surface area contributed by atoms with Crippen molar-refractivity contribution in [3.8, 4) is 0 Å². The molecule has 0 saturated carbocycles. The molecule has 1 aliphatic rings. The van der Waals surface area contributed by atoms with Gasteiger partial charge in [-0.3, -0.25) is 9.20 Å². The molecule has 6 nitrogen and oxygen atoms in total. The smallest absolute Gasteiger partial charge is 0.222 e. The van der Waals surface area contributed by atoms with Gasteiger partial charge in [0.15, 0.2) is 5.65 Å². The molecule has 0 unspecified atom stereocenters. The van der Waals surface area contributed by atoms with Crippen LogP contribution in [0.4, 0.5) is 0 Å². The number of ether oxygens (including phenoxy) is 1. The van der Waals surface area contributed by atoms with Crippen molar-refractivity contribution < 1.29 is 9.53 Å². The summed E-state index contributed by atoms with van der Waals surface area (Å²) < 4.78 is 7.82. The SMILES string of the molecule is O=C(CCCc1nnc2ccccn12)N1CCO[C@H](c2ccccc2)C1. The van der Waals surface area contributed by atoms with E-state index >= 15 is 0 Å². The zero-order valence-electron chi connectivity index (χ0n) is 14.6. The number of hydrogen-bond donors (Lipinski definition) is 0. The van der Waals surface area contributed by atoms with Crippen molar-refractivity contribution in [3.05, 3.63) is 66.1 Å². The third-order valence-corrected chi connectivity index (χ3v) is 4.77. The highest BCUT2D eigenvalue weighted by Crippen LogP contribution is 2.22. The fourth-order valence-corrected chi connectivity index (χ4v) is 3.36. The topological polar surface area (TPSA) is 59.7 Å². The minimum absolute atomic E-state index is 0.0330. The average Bonchev–Trinajstić information content (AvgIpc) is 3.12. The minimum Gasteiger partial charge on any atom is -0.370 e. The first-order chi connectivity index (χ1) is 12.8. The quantitative estimate of drug-likeness (QED) is 0.710. The predicted octanol–water partition coefficient (Wildman–Crippen LogP) is 2.65. The lowest BCUT2D eigenvalue weighted by atomic mass is 10.1. The molecule has 1 saturated heterocycles. The number of fused-ring (bicyclic) bond motifs is 1. The van der Waals surface area contributed by atoms with Crippen LogP contribution in [0.2, 0.25) is 0 Å². The summed E-state index contributed by atoms with van der Waals surface area (Å²) >= 11 is 0. The monoisotopic (exact) mass is 350 g/mol. The molecule has 6 heteroatoms. The van der Waals surface area contributed by atoms with Gasteiger partial charge in [-0.05, 0) is 24.1 Å². The van der Waals surface area contributed by atoms with Crippen molar-refractivity contribution in [1.29, 1.82) is 0 Å². The molecule has 26 heavy (non-hydrogen) atoms. The number of pyridine rings is 1. The van der Waals surface area contributed by atoms with E-state index in [1.165, 1.54) is 0 Å². The Bertz CT molecular complexity index is 878. The number of carbonyl (C=O) groups is 1. The Kier molecular flexibility index (Phi) is 4.93. The van der Waals surface area contributed by atoms with E-state index in [0.717, 1.165) is 29.9 Å². The normalized spacial score (nSPS) is 17.5. The fourth-order valence-electron chi connectivity index (χ4n) is 3.36. The Morgan fingerprint density at radius 2 is 1.96 bits per heavy atom. The van der Waals surface area contributed by atoms with E-state index in [9.17, 15) is 4.79 Å². The summed E-state index contributed by atoms with van der Waals surface area (Å²) in [4.78, 5) is 14.5. The van der Waals surface area contributed by atoms with Crippen LogP contribution in [0.25, 0.3) is 5.65 Å². The second-order valence-corrected chi connectivity index (χ2v) is 6.51. The van der Waals surface area contributed by atoms with Crippen molar-refractivity contribution >= 4 is 11.6 Å². The van der Waals surface area contributed by atoms with E-state index in [1.807, 2.05) is 51.9 Å². The second-order valence-electron chi connectivity index (χ2n) is 6.51. The maximum Gasteiger partial charge on any atom is 0.222 e. The molecule has 0 spiro atoms. The summed E-state index contributed by atoms with van der Waals surface area (Å²) in [5.41, 5.74) is 1.97. The Hall–Kier alpha value is -2.73. The molecule has 0 N–H and O–H groups in total. The van der Waals surface area contributed by atoms with Gasteiger partial charge in [-0.1, -0.05) is 36.4 Å². The summed E-state index contributed by atoms with van der Waals surface area (Å²) in [5.74, 6) is 1.08. The van der Waals surface area contributed by atoms with E-state index in [1.54, 1.807) is 0 Å². The first-order valence-electron chi connectivity index (χ1n) is 9.04. The van der Waals surface area contributed by atoms with Gasteiger partial charge in [0, 0.05) is 25.6 Å². The van der Waals surface area contributed by atoms with Gasteiger partial charge in [0.25, 0.3) is 0 Å². The fraction of sp³-hybridized carbons (Fsp3) is 0.350. The van der Waals surface area contributed by atoms with Crippen molar-refractivity contribution in [2.75, 3.05) is 19.7 Å². The van der Waals surface area contributed by atoms with Gasteiger partial charge in [0.1, 0.15) is 11.9 Å². The predicted molar refractivity (Wildman–Crippen MR) is 97.6 cm³/mol. The second kappa shape index (κ2) is 7.66. The molecule has 1 atom stereocenters. The van der Waals surface area contributed by atoms with Gasteiger partial charge in [-0.2, -0.15) is 0 Å². The van der Waals surface area contributed by atoms with Crippen LogP contribution in [-0.2, 0) is 16.0 Å². The van der Waals surface area contributed by atoms with Crippen molar-refractivity contribution in [3.63, 3.8) is 0 Å². The lowest BCUT2D eigenvalue weighted by molar-refractivity contribution is -0.139. The molecule has 3 aromatic rings. The molecule has 1 aliphatic heterocycles. The number of benzene rings is 1. The molecule has 1 amide bonds.